The molecule has 0 spiro atoms. The number of halogens is 3. The quantitative estimate of drug-likeness (QED) is 0.887. The Balaban J connectivity index is 2.43. The molecule has 1 aromatic rings. The molecule has 0 aliphatic carbocycles. The Morgan fingerprint density at radius 2 is 2.05 bits per heavy atom. The highest BCUT2D eigenvalue weighted by Crippen LogP contribution is 2.37. The van der Waals surface area contributed by atoms with Crippen LogP contribution < -0.4 is 10.2 Å². The van der Waals surface area contributed by atoms with E-state index in [0.717, 1.165) is 6.07 Å². The average Bonchev–Trinajstić information content (AvgIpc) is 2.40. The van der Waals surface area contributed by atoms with Crippen molar-refractivity contribution in [3.05, 3.63) is 29.8 Å². The van der Waals surface area contributed by atoms with Crippen molar-refractivity contribution in [3.63, 3.8) is 0 Å². The molecule has 114 valence electrons. The van der Waals surface area contributed by atoms with Crippen molar-refractivity contribution < 1.29 is 27.9 Å². The van der Waals surface area contributed by atoms with Crippen molar-refractivity contribution in [1.82, 2.24) is 5.32 Å². The highest BCUT2D eigenvalue weighted by atomic mass is 19.4. The van der Waals surface area contributed by atoms with Crippen LogP contribution in [-0.4, -0.2) is 36.1 Å². The van der Waals surface area contributed by atoms with Crippen LogP contribution in [0.4, 0.5) is 18.9 Å². The first-order valence-corrected chi connectivity index (χ1v) is 6.23. The molecule has 1 atom stereocenters. The van der Waals surface area contributed by atoms with Gasteiger partial charge in [0.1, 0.15) is 6.04 Å². The predicted octanol–water partition coefficient (Wildman–Crippen LogP) is 1.48. The minimum Gasteiger partial charge on any atom is -0.481 e. The highest BCUT2D eigenvalue weighted by Gasteiger charge is 2.39. The van der Waals surface area contributed by atoms with E-state index in [1.807, 2.05) is 0 Å². The summed E-state index contributed by atoms with van der Waals surface area (Å²) in [5.74, 6) is -1.83. The van der Waals surface area contributed by atoms with Gasteiger partial charge in [0, 0.05) is 18.8 Å². The lowest BCUT2D eigenvalue weighted by Crippen LogP contribution is -2.56. The average molecular weight is 302 g/mol. The number of piperazine rings is 1. The topological polar surface area (TPSA) is 69.6 Å². The molecule has 1 aromatic carbocycles. The molecular weight excluding hydrogens is 289 g/mol. The third kappa shape index (κ3) is 3.26. The summed E-state index contributed by atoms with van der Waals surface area (Å²) in [6.07, 6.45) is -5.13. The molecule has 1 aliphatic heterocycles. The normalized spacial score (nSPS) is 19.3. The molecule has 2 rings (SSSR count). The number of anilines is 1. The van der Waals surface area contributed by atoms with Gasteiger partial charge in [0.05, 0.1) is 12.0 Å². The summed E-state index contributed by atoms with van der Waals surface area (Å²) in [4.78, 5) is 23.8. The van der Waals surface area contributed by atoms with Gasteiger partial charge in [-0.15, -0.1) is 0 Å². The van der Waals surface area contributed by atoms with Gasteiger partial charge in [-0.25, -0.2) is 0 Å². The molecule has 1 saturated heterocycles. The van der Waals surface area contributed by atoms with E-state index >= 15 is 0 Å². The number of nitrogens with zero attached hydrogens (tertiary/aromatic N) is 1. The van der Waals surface area contributed by atoms with Crippen LogP contribution in [-0.2, 0) is 15.8 Å². The number of carboxylic acid groups (broad SMARTS) is 1. The van der Waals surface area contributed by atoms with E-state index in [9.17, 15) is 22.8 Å². The lowest BCUT2D eigenvalue weighted by molar-refractivity contribution is -0.140. The summed E-state index contributed by atoms with van der Waals surface area (Å²) >= 11 is 0. The van der Waals surface area contributed by atoms with Gasteiger partial charge < -0.3 is 15.3 Å². The summed E-state index contributed by atoms with van der Waals surface area (Å²) in [5, 5.41) is 11.3. The van der Waals surface area contributed by atoms with Crippen molar-refractivity contribution in [2.24, 2.45) is 0 Å². The molecule has 5 nitrogen and oxygen atoms in total. The van der Waals surface area contributed by atoms with Crippen LogP contribution in [0, 0.1) is 0 Å². The van der Waals surface area contributed by atoms with Crippen LogP contribution in [0.3, 0.4) is 0 Å². The second kappa shape index (κ2) is 5.63. The monoisotopic (exact) mass is 302 g/mol. The zero-order valence-corrected chi connectivity index (χ0v) is 10.9. The van der Waals surface area contributed by atoms with Crippen molar-refractivity contribution in [1.29, 1.82) is 0 Å². The third-order valence-corrected chi connectivity index (χ3v) is 3.22. The molecule has 0 aromatic heterocycles. The van der Waals surface area contributed by atoms with Crippen LogP contribution in [0.5, 0.6) is 0 Å². The molecule has 8 heteroatoms. The van der Waals surface area contributed by atoms with Crippen molar-refractivity contribution in [2.45, 2.75) is 18.6 Å². The number of alkyl halides is 3. The first kappa shape index (κ1) is 15.1. The first-order valence-electron chi connectivity index (χ1n) is 6.23. The zero-order chi connectivity index (χ0) is 15.6. The summed E-state index contributed by atoms with van der Waals surface area (Å²) < 4.78 is 39.1. The molecule has 0 saturated carbocycles. The van der Waals surface area contributed by atoms with Crippen molar-refractivity contribution in [2.75, 3.05) is 18.0 Å². The standard InChI is InChI=1S/C13H13F3N2O3/c14-13(15,16)8-3-1-2-4-9(8)18-6-5-17-12(21)10(18)7-11(19)20/h1-4,10H,5-7H2,(H,17,21)(H,19,20). The van der Waals surface area contributed by atoms with Gasteiger partial charge in [-0.1, -0.05) is 12.1 Å². The van der Waals surface area contributed by atoms with E-state index in [1.165, 1.54) is 23.1 Å². The molecule has 1 amide bonds. The van der Waals surface area contributed by atoms with Gasteiger partial charge in [-0.05, 0) is 12.1 Å². The predicted molar refractivity (Wildman–Crippen MR) is 67.8 cm³/mol. The SMILES string of the molecule is O=C(O)CC1C(=O)NCCN1c1ccccc1C(F)(F)F. The third-order valence-electron chi connectivity index (χ3n) is 3.22. The maximum absolute atomic E-state index is 13.0. The summed E-state index contributed by atoms with van der Waals surface area (Å²) in [6.45, 7) is 0.290. The number of aliphatic carboxylic acids is 1. The molecule has 1 unspecified atom stereocenters. The van der Waals surface area contributed by atoms with Gasteiger partial charge in [-0.2, -0.15) is 13.2 Å². The number of hydrogen-bond donors (Lipinski definition) is 2. The number of benzene rings is 1. The molecule has 1 heterocycles. The Kier molecular flexibility index (Phi) is 4.06. The smallest absolute Gasteiger partial charge is 0.418 e. The molecule has 0 bridgehead atoms. The number of carboxylic acids is 1. The molecule has 0 radical (unpaired) electrons. The summed E-state index contributed by atoms with van der Waals surface area (Å²) in [5.41, 5.74) is -1.05. The lowest BCUT2D eigenvalue weighted by atomic mass is 10.0. The van der Waals surface area contributed by atoms with Crippen molar-refractivity contribution in [3.8, 4) is 0 Å². The van der Waals surface area contributed by atoms with Crippen LogP contribution in [0.15, 0.2) is 24.3 Å². The van der Waals surface area contributed by atoms with E-state index in [-0.39, 0.29) is 18.8 Å². The number of rotatable bonds is 3. The molecule has 2 N–H and O–H groups in total. The van der Waals surface area contributed by atoms with Gasteiger partial charge in [0.2, 0.25) is 5.91 Å². The Labute approximate surface area is 118 Å². The van der Waals surface area contributed by atoms with Crippen LogP contribution >= 0.6 is 0 Å². The van der Waals surface area contributed by atoms with E-state index < -0.39 is 36.1 Å². The van der Waals surface area contributed by atoms with Crippen LogP contribution in [0.2, 0.25) is 0 Å². The zero-order valence-electron chi connectivity index (χ0n) is 10.9. The molecule has 21 heavy (non-hydrogen) atoms. The largest absolute Gasteiger partial charge is 0.481 e. The Morgan fingerprint density at radius 1 is 1.38 bits per heavy atom. The summed E-state index contributed by atoms with van der Waals surface area (Å²) in [7, 11) is 0. The highest BCUT2D eigenvalue weighted by molar-refractivity contribution is 5.90. The fourth-order valence-electron chi connectivity index (χ4n) is 2.34. The number of carbonyl (C=O) groups is 2. The molecular formula is C13H13F3N2O3. The minimum atomic E-state index is -4.57. The van der Waals surface area contributed by atoms with Crippen molar-refractivity contribution >= 4 is 17.6 Å². The Bertz CT molecular complexity index is 560. The van der Waals surface area contributed by atoms with Gasteiger partial charge in [0.15, 0.2) is 0 Å². The van der Waals surface area contributed by atoms with E-state index in [0.29, 0.717) is 0 Å². The molecule has 1 fully saturated rings. The maximum Gasteiger partial charge on any atom is 0.418 e. The number of para-hydroxylation sites is 1. The summed E-state index contributed by atoms with van der Waals surface area (Å²) in [6, 6.07) is 3.69. The first-order chi connectivity index (χ1) is 9.80. The van der Waals surface area contributed by atoms with E-state index in [2.05, 4.69) is 5.32 Å². The molecule has 1 aliphatic rings. The van der Waals surface area contributed by atoms with E-state index in [4.69, 9.17) is 5.11 Å². The second-order valence-corrected chi connectivity index (χ2v) is 4.61. The van der Waals surface area contributed by atoms with Gasteiger partial charge >= 0.3 is 12.1 Å². The van der Waals surface area contributed by atoms with E-state index in [1.54, 1.807) is 0 Å². The second-order valence-electron chi connectivity index (χ2n) is 4.61. The van der Waals surface area contributed by atoms with Crippen LogP contribution in [0.1, 0.15) is 12.0 Å². The fraction of sp³-hybridized carbons (Fsp3) is 0.385. The number of carbonyl (C=O) groups excluding carboxylic acids is 1. The number of amides is 1. The number of nitrogens with one attached hydrogen (secondary N) is 1. The Hall–Kier alpha value is -2.25. The fourth-order valence-corrected chi connectivity index (χ4v) is 2.34. The van der Waals surface area contributed by atoms with Crippen LogP contribution in [0.25, 0.3) is 0 Å². The van der Waals surface area contributed by atoms with Gasteiger partial charge in [0.25, 0.3) is 0 Å². The minimum absolute atomic E-state index is 0.122. The number of hydrogen-bond acceptors (Lipinski definition) is 3. The maximum atomic E-state index is 13.0. The lowest BCUT2D eigenvalue weighted by Gasteiger charge is -2.37. The van der Waals surface area contributed by atoms with Gasteiger partial charge in [-0.3, -0.25) is 9.59 Å². The Morgan fingerprint density at radius 3 is 2.67 bits per heavy atom.